The van der Waals surface area contributed by atoms with Crippen molar-refractivity contribution in [3.05, 3.63) is 58.3 Å². The Kier molecular flexibility index (Phi) is 4.57. The fourth-order valence-corrected chi connectivity index (χ4v) is 2.20. The molecule has 0 spiro atoms. The van der Waals surface area contributed by atoms with Crippen LogP contribution in [0.3, 0.4) is 0 Å². The molecule has 0 aliphatic rings. The third kappa shape index (κ3) is 3.96. The Labute approximate surface area is 124 Å². The molecule has 0 aliphatic carbocycles. The lowest BCUT2D eigenvalue weighted by molar-refractivity contribution is 0.259. The summed E-state index contributed by atoms with van der Waals surface area (Å²) in [7, 11) is 0. The van der Waals surface area contributed by atoms with Gasteiger partial charge in [-0.1, -0.05) is 28.1 Å². The molecule has 0 saturated heterocycles. The molecular formula is C14H13BrFN3O. The van der Waals surface area contributed by atoms with Gasteiger partial charge in [-0.2, -0.15) is 0 Å². The topological polar surface area (TPSA) is 67.2 Å². The molecule has 2 aromatic rings. The highest BCUT2D eigenvalue weighted by Gasteiger charge is 2.02. The van der Waals surface area contributed by atoms with Crippen molar-refractivity contribution in [2.75, 3.05) is 10.6 Å². The second kappa shape index (κ2) is 6.38. The van der Waals surface area contributed by atoms with Crippen LogP contribution in [-0.2, 0) is 6.54 Å². The van der Waals surface area contributed by atoms with E-state index in [4.69, 9.17) is 5.73 Å². The summed E-state index contributed by atoms with van der Waals surface area (Å²) in [6.45, 7) is 0.529. The van der Waals surface area contributed by atoms with Crippen molar-refractivity contribution in [3.8, 4) is 0 Å². The molecule has 4 N–H and O–H groups in total. The fourth-order valence-electron chi connectivity index (χ4n) is 1.71. The van der Waals surface area contributed by atoms with Crippen LogP contribution in [0.5, 0.6) is 0 Å². The van der Waals surface area contributed by atoms with E-state index in [9.17, 15) is 9.18 Å². The minimum atomic E-state index is -0.608. The standard InChI is InChI=1S/C14H13BrFN3O/c15-13-6-10(16)5-4-9(13)8-18-11-2-1-3-12(7-11)19-14(17)20/h1-7,18H,8H2,(H3,17,19,20). The van der Waals surface area contributed by atoms with Crippen LogP contribution in [0.15, 0.2) is 46.9 Å². The first-order valence-electron chi connectivity index (χ1n) is 5.89. The second-order valence-electron chi connectivity index (χ2n) is 4.16. The monoisotopic (exact) mass is 337 g/mol. The number of nitrogens with two attached hydrogens (primary N) is 1. The van der Waals surface area contributed by atoms with Crippen molar-refractivity contribution in [1.82, 2.24) is 0 Å². The predicted octanol–water partition coefficient (Wildman–Crippen LogP) is 3.69. The second-order valence-corrected chi connectivity index (χ2v) is 5.01. The van der Waals surface area contributed by atoms with Crippen molar-refractivity contribution in [3.63, 3.8) is 0 Å². The van der Waals surface area contributed by atoms with Gasteiger partial charge in [0.1, 0.15) is 5.82 Å². The summed E-state index contributed by atoms with van der Waals surface area (Å²) < 4.78 is 13.7. The quantitative estimate of drug-likeness (QED) is 0.796. The number of rotatable bonds is 4. The predicted molar refractivity (Wildman–Crippen MR) is 81.1 cm³/mol. The lowest BCUT2D eigenvalue weighted by atomic mass is 10.2. The Morgan fingerprint density at radius 1 is 1.20 bits per heavy atom. The average Bonchev–Trinajstić information content (AvgIpc) is 2.37. The number of primary amides is 1. The summed E-state index contributed by atoms with van der Waals surface area (Å²) in [5.74, 6) is -0.284. The number of amides is 2. The lowest BCUT2D eigenvalue weighted by Crippen LogP contribution is -2.19. The summed E-state index contributed by atoms with van der Waals surface area (Å²) in [4.78, 5) is 10.8. The van der Waals surface area contributed by atoms with E-state index in [1.54, 1.807) is 24.3 Å². The van der Waals surface area contributed by atoms with E-state index in [2.05, 4.69) is 26.6 Å². The maximum absolute atomic E-state index is 13.0. The zero-order valence-corrected chi connectivity index (χ0v) is 12.1. The third-order valence-corrected chi connectivity index (χ3v) is 3.37. The Bertz CT molecular complexity index is 634. The number of benzene rings is 2. The molecule has 20 heavy (non-hydrogen) atoms. The van der Waals surface area contributed by atoms with E-state index < -0.39 is 6.03 Å². The minimum absolute atomic E-state index is 0.284. The SMILES string of the molecule is NC(=O)Nc1cccc(NCc2ccc(F)cc2Br)c1. The zero-order valence-electron chi connectivity index (χ0n) is 10.5. The van der Waals surface area contributed by atoms with Crippen molar-refractivity contribution in [2.24, 2.45) is 5.73 Å². The summed E-state index contributed by atoms with van der Waals surface area (Å²) in [5.41, 5.74) is 7.43. The van der Waals surface area contributed by atoms with Gasteiger partial charge in [0.05, 0.1) is 0 Å². The number of carbonyl (C=O) groups excluding carboxylic acids is 1. The molecule has 0 aliphatic heterocycles. The van der Waals surface area contributed by atoms with Crippen molar-refractivity contribution < 1.29 is 9.18 Å². The molecule has 0 bridgehead atoms. The van der Waals surface area contributed by atoms with E-state index in [0.717, 1.165) is 11.3 Å². The molecule has 0 radical (unpaired) electrons. The summed E-state index contributed by atoms with van der Waals surface area (Å²) >= 11 is 3.31. The van der Waals surface area contributed by atoms with Crippen LogP contribution < -0.4 is 16.4 Å². The molecule has 0 fully saturated rings. The van der Waals surface area contributed by atoms with Crippen LogP contribution in [0.4, 0.5) is 20.6 Å². The molecule has 0 atom stereocenters. The van der Waals surface area contributed by atoms with Crippen LogP contribution in [-0.4, -0.2) is 6.03 Å². The molecule has 6 heteroatoms. The van der Waals surface area contributed by atoms with E-state index in [0.29, 0.717) is 16.7 Å². The van der Waals surface area contributed by atoms with Gasteiger partial charge in [-0.05, 0) is 35.9 Å². The van der Waals surface area contributed by atoms with Crippen LogP contribution in [0.25, 0.3) is 0 Å². The number of anilines is 2. The summed E-state index contributed by atoms with van der Waals surface area (Å²) in [6, 6.07) is 11.1. The maximum Gasteiger partial charge on any atom is 0.316 e. The number of nitrogens with one attached hydrogen (secondary N) is 2. The zero-order chi connectivity index (χ0) is 14.5. The number of hydrogen-bond acceptors (Lipinski definition) is 2. The normalized spacial score (nSPS) is 10.1. The number of carbonyl (C=O) groups is 1. The molecule has 0 unspecified atom stereocenters. The van der Waals surface area contributed by atoms with Crippen LogP contribution in [0, 0.1) is 5.82 Å². The van der Waals surface area contributed by atoms with Crippen molar-refractivity contribution in [2.45, 2.75) is 6.54 Å². The van der Waals surface area contributed by atoms with Gasteiger partial charge in [0.15, 0.2) is 0 Å². The van der Waals surface area contributed by atoms with Crippen LogP contribution in [0.2, 0.25) is 0 Å². The first-order chi connectivity index (χ1) is 9.54. The number of halogens is 2. The smallest absolute Gasteiger partial charge is 0.316 e. The Balaban J connectivity index is 2.05. The first-order valence-corrected chi connectivity index (χ1v) is 6.68. The van der Waals surface area contributed by atoms with Crippen LogP contribution in [0.1, 0.15) is 5.56 Å². The van der Waals surface area contributed by atoms with Crippen LogP contribution >= 0.6 is 15.9 Å². The molecule has 2 rings (SSSR count). The molecule has 2 aromatic carbocycles. The number of urea groups is 1. The largest absolute Gasteiger partial charge is 0.381 e. The Morgan fingerprint density at radius 3 is 2.65 bits per heavy atom. The maximum atomic E-state index is 13.0. The Hall–Kier alpha value is -2.08. The minimum Gasteiger partial charge on any atom is -0.381 e. The fraction of sp³-hybridized carbons (Fsp3) is 0.0714. The van der Waals surface area contributed by atoms with Crippen molar-refractivity contribution >= 4 is 33.3 Å². The molecule has 0 heterocycles. The molecule has 0 saturated carbocycles. The highest BCUT2D eigenvalue weighted by molar-refractivity contribution is 9.10. The van der Waals surface area contributed by atoms with Gasteiger partial charge in [0, 0.05) is 22.4 Å². The van der Waals surface area contributed by atoms with Gasteiger partial charge in [-0.15, -0.1) is 0 Å². The van der Waals surface area contributed by atoms with E-state index >= 15 is 0 Å². The summed E-state index contributed by atoms with van der Waals surface area (Å²) in [6.07, 6.45) is 0. The van der Waals surface area contributed by atoms with E-state index in [1.807, 2.05) is 6.07 Å². The van der Waals surface area contributed by atoms with Gasteiger partial charge in [0.2, 0.25) is 0 Å². The van der Waals surface area contributed by atoms with Gasteiger partial charge in [-0.3, -0.25) is 0 Å². The highest BCUT2D eigenvalue weighted by atomic mass is 79.9. The summed E-state index contributed by atoms with van der Waals surface area (Å²) in [5, 5.41) is 5.69. The van der Waals surface area contributed by atoms with Gasteiger partial charge in [0.25, 0.3) is 0 Å². The average molecular weight is 338 g/mol. The third-order valence-electron chi connectivity index (χ3n) is 2.63. The van der Waals surface area contributed by atoms with Gasteiger partial charge >= 0.3 is 6.03 Å². The Morgan fingerprint density at radius 2 is 1.95 bits per heavy atom. The van der Waals surface area contributed by atoms with Gasteiger partial charge < -0.3 is 16.4 Å². The first kappa shape index (κ1) is 14.3. The van der Waals surface area contributed by atoms with Crippen molar-refractivity contribution in [1.29, 1.82) is 0 Å². The molecule has 4 nitrogen and oxygen atoms in total. The van der Waals surface area contributed by atoms with Gasteiger partial charge in [-0.25, -0.2) is 9.18 Å². The lowest BCUT2D eigenvalue weighted by Gasteiger charge is -2.10. The number of hydrogen-bond donors (Lipinski definition) is 3. The molecular weight excluding hydrogens is 325 g/mol. The molecule has 104 valence electrons. The molecule has 2 amide bonds. The highest BCUT2D eigenvalue weighted by Crippen LogP contribution is 2.20. The molecule has 0 aromatic heterocycles. The van der Waals surface area contributed by atoms with E-state index in [1.165, 1.54) is 12.1 Å². The van der Waals surface area contributed by atoms with E-state index in [-0.39, 0.29) is 5.82 Å².